The summed E-state index contributed by atoms with van der Waals surface area (Å²) in [5.74, 6) is -0.0665. The van der Waals surface area contributed by atoms with Crippen molar-refractivity contribution in [3.05, 3.63) is 35.4 Å². The van der Waals surface area contributed by atoms with Crippen LogP contribution in [0.4, 0.5) is 4.79 Å². The predicted molar refractivity (Wildman–Crippen MR) is 101 cm³/mol. The number of rotatable bonds is 6. The average Bonchev–Trinajstić information content (AvgIpc) is 3.26. The minimum atomic E-state index is -0.267. The van der Waals surface area contributed by atoms with E-state index in [4.69, 9.17) is 14.6 Å². The van der Waals surface area contributed by atoms with Crippen LogP contribution in [0.5, 0.6) is 0 Å². The Morgan fingerprint density at radius 1 is 1.11 bits per heavy atom. The lowest BCUT2D eigenvalue weighted by Crippen LogP contribution is -2.42. The van der Waals surface area contributed by atoms with Crippen molar-refractivity contribution in [1.29, 1.82) is 0 Å². The Hall–Kier alpha value is -2.16. The van der Waals surface area contributed by atoms with Crippen molar-refractivity contribution in [2.24, 2.45) is 0 Å². The van der Waals surface area contributed by atoms with Gasteiger partial charge in [0.25, 0.3) is 5.91 Å². The predicted octanol–water partition coefficient (Wildman–Crippen LogP) is 0.546. The highest BCUT2D eigenvalue weighted by Crippen LogP contribution is 2.28. The Bertz CT molecular complexity index is 704. The molecule has 3 fully saturated rings. The lowest BCUT2D eigenvalue weighted by atomic mass is 10.1. The molecule has 0 bridgehead atoms. The van der Waals surface area contributed by atoms with Gasteiger partial charge in [-0.1, -0.05) is 12.1 Å². The van der Waals surface area contributed by atoms with Crippen LogP contribution in [0.1, 0.15) is 22.3 Å². The number of ether oxygens (including phenoxy) is 2. The summed E-state index contributed by atoms with van der Waals surface area (Å²) in [5, 5.41) is 9.14. The smallest absolute Gasteiger partial charge is 0.410 e. The fraction of sp³-hybridized carbons (Fsp3) is 0.600. The maximum Gasteiger partial charge on any atom is 0.410 e. The molecule has 152 valence electrons. The Morgan fingerprint density at radius 2 is 1.86 bits per heavy atom. The van der Waals surface area contributed by atoms with Crippen LogP contribution < -0.4 is 0 Å². The topological polar surface area (TPSA) is 82.5 Å². The van der Waals surface area contributed by atoms with E-state index in [1.807, 2.05) is 0 Å². The Balaban J connectivity index is 1.32. The molecule has 3 aliphatic rings. The molecule has 1 N–H and O–H groups in total. The second kappa shape index (κ2) is 8.46. The van der Waals surface area contributed by atoms with E-state index in [9.17, 15) is 9.59 Å². The van der Waals surface area contributed by atoms with Gasteiger partial charge in [0.15, 0.2) is 0 Å². The molecule has 2 atom stereocenters. The van der Waals surface area contributed by atoms with Crippen molar-refractivity contribution in [1.82, 2.24) is 14.7 Å². The van der Waals surface area contributed by atoms with Crippen LogP contribution in [0.3, 0.4) is 0 Å². The number of aliphatic hydroxyl groups is 1. The molecule has 3 saturated heterocycles. The standard InChI is InChI=1S/C20H27N3O5/c24-14-15-2-4-16(5-3-15)19(25)22-12-17-18(13-22)28-20(26)23(17)7-1-6-21-8-10-27-11-9-21/h2-5,17-18,24H,1,6-14H2/t17-,18+/m1/s1. The van der Waals surface area contributed by atoms with Gasteiger partial charge >= 0.3 is 6.09 Å². The summed E-state index contributed by atoms with van der Waals surface area (Å²) in [7, 11) is 0. The van der Waals surface area contributed by atoms with Crippen molar-refractivity contribution in [2.45, 2.75) is 25.2 Å². The van der Waals surface area contributed by atoms with E-state index < -0.39 is 0 Å². The lowest BCUT2D eigenvalue weighted by molar-refractivity contribution is 0.0362. The van der Waals surface area contributed by atoms with Gasteiger partial charge in [-0.05, 0) is 24.1 Å². The molecule has 0 unspecified atom stereocenters. The number of likely N-dealkylation sites (tertiary alicyclic amines) is 1. The van der Waals surface area contributed by atoms with Gasteiger partial charge in [0.05, 0.1) is 32.4 Å². The van der Waals surface area contributed by atoms with Gasteiger partial charge in [0.1, 0.15) is 6.10 Å². The zero-order chi connectivity index (χ0) is 19.5. The number of hydrogen-bond donors (Lipinski definition) is 1. The molecule has 0 saturated carbocycles. The second-order valence-electron chi connectivity index (χ2n) is 7.56. The zero-order valence-electron chi connectivity index (χ0n) is 16.0. The maximum absolute atomic E-state index is 12.8. The van der Waals surface area contributed by atoms with Crippen molar-refractivity contribution >= 4 is 12.0 Å². The fourth-order valence-electron chi connectivity index (χ4n) is 4.15. The number of fused-ring (bicyclic) bond motifs is 1. The van der Waals surface area contributed by atoms with Gasteiger partial charge in [-0.2, -0.15) is 0 Å². The molecule has 0 aliphatic carbocycles. The molecular formula is C20H27N3O5. The van der Waals surface area contributed by atoms with Gasteiger partial charge in [-0.3, -0.25) is 14.6 Å². The summed E-state index contributed by atoms with van der Waals surface area (Å²) in [5.41, 5.74) is 1.36. The summed E-state index contributed by atoms with van der Waals surface area (Å²) in [6.07, 6.45) is 0.363. The SMILES string of the molecule is O=C(c1ccc(CO)cc1)N1C[C@@H]2OC(=O)N(CCCN3CCOCC3)[C@@H]2C1. The molecule has 4 rings (SSSR count). The molecule has 28 heavy (non-hydrogen) atoms. The van der Waals surface area contributed by atoms with E-state index in [0.29, 0.717) is 25.2 Å². The third kappa shape index (κ3) is 3.99. The summed E-state index contributed by atoms with van der Waals surface area (Å²) < 4.78 is 10.9. The quantitative estimate of drug-likeness (QED) is 0.765. The summed E-state index contributed by atoms with van der Waals surface area (Å²) in [6, 6.07) is 6.89. The molecule has 8 heteroatoms. The van der Waals surface area contributed by atoms with E-state index in [1.54, 1.807) is 34.1 Å². The van der Waals surface area contributed by atoms with Gasteiger partial charge in [0.2, 0.25) is 0 Å². The molecule has 2 amide bonds. The number of benzene rings is 1. The Labute approximate surface area is 164 Å². The summed E-state index contributed by atoms with van der Waals surface area (Å²) in [4.78, 5) is 30.9. The van der Waals surface area contributed by atoms with Crippen LogP contribution in [0.2, 0.25) is 0 Å². The highest BCUT2D eigenvalue weighted by molar-refractivity contribution is 5.94. The summed E-state index contributed by atoms with van der Waals surface area (Å²) >= 11 is 0. The first kappa shape index (κ1) is 19.2. The number of hydrogen-bond acceptors (Lipinski definition) is 6. The van der Waals surface area contributed by atoms with Crippen LogP contribution in [-0.4, -0.2) is 96.4 Å². The van der Waals surface area contributed by atoms with Gasteiger partial charge in [-0.25, -0.2) is 4.79 Å². The first-order valence-electron chi connectivity index (χ1n) is 9.92. The van der Waals surface area contributed by atoms with E-state index in [2.05, 4.69) is 4.90 Å². The number of morpholine rings is 1. The van der Waals surface area contributed by atoms with E-state index in [-0.39, 0.29) is 30.8 Å². The Morgan fingerprint density at radius 3 is 2.57 bits per heavy atom. The zero-order valence-corrected chi connectivity index (χ0v) is 16.0. The van der Waals surface area contributed by atoms with Crippen molar-refractivity contribution in [2.75, 3.05) is 52.5 Å². The van der Waals surface area contributed by atoms with Crippen molar-refractivity contribution in [3.63, 3.8) is 0 Å². The third-order valence-electron chi connectivity index (χ3n) is 5.77. The van der Waals surface area contributed by atoms with E-state index in [1.165, 1.54) is 0 Å². The molecule has 1 aromatic carbocycles. The van der Waals surface area contributed by atoms with Crippen LogP contribution >= 0.6 is 0 Å². The highest BCUT2D eigenvalue weighted by Gasteiger charge is 2.48. The number of amides is 2. The van der Waals surface area contributed by atoms with Crippen LogP contribution in [0, 0.1) is 0 Å². The van der Waals surface area contributed by atoms with Gasteiger partial charge < -0.3 is 19.5 Å². The van der Waals surface area contributed by atoms with E-state index in [0.717, 1.165) is 44.8 Å². The first-order chi connectivity index (χ1) is 13.7. The molecule has 3 heterocycles. The minimum Gasteiger partial charge on any atom is -0.442 e. The molecule has 8 nitrogen and oxygen atoms in total. The Kier molecular flexibility index (Phi) is 5.79. The molecule has 0 aromatic heterocycles. The number of carbonyl (C=O) groups is 2. The van der Waals surface area contributed by atoms with Crippen molar-refractivity contribution in [3.8, 4) is 0 Å². The summed E-state index contributed by atoms with van der Waals surface area (Å²) in [6.45, 7) is 5.87. The normalized spacial score (nSPS) is 25.1. The molecule has 1 aromatic rings. The third-order valence-corrected chi connectivity index (χ3v) is 5.77. The number of nitrogens with zero attached hydrogens (tertiary/aromatic N) is 3. The molecule has 0 radical (unpaired) electrons. The lowest BCUT2D eigenvalue weighted by Gasteiger charge is -2.28. The first-order valence-corrected chi connectivity index (χ1v) is 9.92. The van der Waals surface area contributed by atoms with Crippen molar-refractivity contribution < 1.29 is 24.2 Å². The molecule has 3 aliphatic heterocycles. The average molecular weight is 389 g/mol. The van der Waals surface area contributed by atoms with Crippen LogP contribution in [0.15, 0.2) is 24.3 Å². The fourth-order valence-corrected chi connectivity index (χ4v) is 4.15. The van der Waals surface area contributed by atoms with E-state index >= 15 is 0 Å². The van der Waals surface area contributed by atoms with Gasteiger partial charge in [-0.15, -0.1) is 0 Å². The van der Waals surface area contributed by atoms with Crippen LogP contribution in [0.25, 0.3) is 0 Å². The molecular weight excluding hydrogens is 362 g/mol. The number of aliphatic hydroxyl groups excluding tert-OH is 1. The van der Waals surface area contributed by atoms with Crippen LogP contribution in [-0.2, 0) is 16.1 Å². The maximum atomic E-state index is 12.8. The minimum absolute atomic E-state index is 0.0440. The molecule has 0 spiro atoms. The van der Waals surface area contributed by atoms with Gasteiger partial charge in [0, 0.05) is 38.3 Å². The largest absolute Gasteiger partial charge is 0.442 e. The monoisotopic (exact) mass is 389 g/mol. The second-order valence-corrected chi connectivity index (χ2v) is 7.56. The highest BCUT2D eigenvalue weighted by atomic mass is 16.6. The number of carbonyl (C=O) groups excluding carboxylic acids is 2.